The lowest BCUT2D eigenvalue weighted by atomic mass is 9.77. The third kappa shape index (κ3) is 5.15. The Labute approximate surface area is 179 Å². The van der Waals surface area contributed by atoms with Crippen molar-refractivity contribution in [2.75, 3.05) is 11.5 Å². The Hall–Kier alpha value is -1.96. The fraction of sp³-hybridized carbons (Fsp3) is 0.556. The Bertz CT molecular complexity index is 788. The lowest BCUT2D eigenvalue weighted by molar-refractivity contribution is 0.474. The first kappa shape index (κ1) is 23.3. The topological polar surface area (TPSA) is 52.0 Å². The predicted molar refractivity (Wildman–Crippen MR) is 130 cm³/mol. The van der Waals surface area contributed by atoms with Gasteiger partial charge < -0.3 is 11.5 Å². The molecule has 160 valence electrons. The van der Waals surface area contributed by atoms with Crippen LogP contribution >= 0.6 is 0 Å². The zero-order valence-electron chi connectivity index (χ0n) is 20.0. The van der Waals surface area contributed by atoms with Gasteiger partial charge >= 0.3 is 0 Å². The minimum absolute atomic E-state index is 0.0882. The van der Waals surface area contributed by atoms with Crippen LogP contribution in [0.4, 0.5) is 11.4 Å². The first-order valence-electron chi connectivity index (χ1n) is 11.2. The fourth-order valence-corrected chi connectivity index (χ4v) is 4.83. The molecule has 2 aromatic carbocycles. The number of nitrogens with two attached hydrogens (primary N) is 2. The van der Waals surface area contributed by atoms with Crippen molar-refractivity contribution >= 4 is 11.4 Å². The summed E-state index contributed by atoms with van der Waals surface area (Å²) in [6.07, 6.45) is 5.49. The number of aryl methyl sites for hydroxylation is 2. The summed E-state index contributed by atoms with van der Waals surface area (Å²) in [6.45, 7) is 18.0. The molecule has 0 aliphatic heterocycles. The molecule has 0 radical (unpaired) electrons. The highest BCUT2D eigenvalue weighted by atomic mass is 14.6. The third-order valence-corrected chi connectivity index (χ3v) is 6.51. The van der Waals surface area contributed by atoms with Crippen LogP contribution in [0.1, 0.15) is 101 Å². The van der Waals surface area contributed by atoms with E-state index >= 15 is 0 Å². The van der Waals surface area contributed by atoms with Crippen molar-refractivity contribution in [3.05, 3.63) is 57.6 Å². The number of benzene rings is 2. The van der Waals surface area contributed by atoms with E-state index in [0.717, 1.165) is 43.5 Å². The molecular weight excluding hydrogens is 352 g/mol. The minimum atomic E-state index is 0.0882. The molecule has 4 N–H and O–H groups in total. The van der Waals surface area contributed by atoms with Crippen molar-refractivity contribution in [2.45, 2.75) is 98.3 Å². The van der Waals surface area contributed by atoms with Crippen LogP contribution in [0.3, 0.4) is 0 Å². The second kappa shape index (κ2) is 8.81. The van der Waals surface area contributed by atoms with Crippen molar-refractivity contribution < 1.29 is 0 Å². The molecule has 0 fully saturated rings. The normalized spacial score (nSPS) is 12.4. The van der Waals surface area contributed by atoms with Gasteiger partial charge in [-0.25, -0.2) is 0 Å². The van der Waals surface area contributed by atoms with Gasteiger partial charge in [-0.05, 0) is 77.3 Å². The molecule has 2 heteroatoms. The molecule has 0 amide bonds. The molecule has 2 nitrogen and oxygen atoms in total. The van der Waals surface area contributed by atoms with Crippen molar-refractivity contribution in [2.24, 2.45) is 0 Å². The van der Waals surface area contributed by atoms with E-state index in [0.29, 0.717) is 0 Å². The molecule has 0 unspecified atom stereocenters. The number of hydrogen-bond donors (Lipinski definition) is 2. The van der Waals surface area contributed by atoms with E-state index in [2.05, 4.69) is 79.7 Å². The van der Waals surface area contributed by atoms with Crippen molar-refractivity contribution in [1.29, 1.82) is 0 Å². The molecule has 0 spiro atoms. The van der Waals surface area contributed by atoms with Gasteiger partial charge in [-0.15, -0.1) is 0 Å². The molecule has 0 bridgehead atoms. The summed E-state index contributed by atoms with van der Waals surface area (Å²) in [5.41, 5.74) is 22.7. The van der Waals surface area contributed by atoms with E-state index in [1.54, 1.807) is 0 Å². The van der Waals surface area contributed by atoms with Gasteiger partial charge in [0.1, 0.15) is 0 Å². The molecule has 0 saturated carbocycles. The van der Waals surface area contributed by atoms with Gasteiger partial charge in [-0.3, -0.25) is 0 Å². The average Bonchev–Trinajstić information content (AvgIpc) is 2.60. The van der Waals surface area contributed by atoms with Crippen LogP contribution in [0.15, 0.2) is 24.3 Å². The second-order valence-corrected chi connectivity index (χ2v) is 10.2. The maximum absolute atomic E-state index is 6.50. The highest BCUT2D eigenvalue weighted by Crippen LogP contribution is 2.37. The van der Waals surface area contributed by atoms with Crippen molar-refractivity contribution in [3.63, 3.8) is 0 Å². The van der Waals surface area contributed by atoms with Gasteiger partial charge in [0.25, 0.3) is 0 Å². The van der Waals surface area contributed by atoms with Crippen LogP contribution in [0.5, 0.6) is 0 Å². The van der Waals surface area contributed by atoms with Crippen LogP contribution in [-0.4, -0.2) is 0 Å². The SMILES string of the molecule is CCCC(C)(C)c1cc(Cc2cc(C)c(N)c(C(C)(C)CCC)c2)cc(C)c1N. The summed E-state index contributed by atoms with van der Waals surface area (Å²) in [7, 11) is 0. The smallest absolute Gasteiger partial charge is 0.0381 e. The number of rotatable bonds is 8. The van der Waals surface area contributed by atoms with Gasteiger partial charge in [0.2, 0.25) is 0 Å². The Balaban J connectivity index is 2.50. The molecule has 29 heavy (non-hydrogen) atoms. The number of hydrogen-bond acceptors (Lipinski definition) is 2. The molecule has 2 aromatic rings. The molecule has 0 aliphatic rings. The predicted octanol–water partition coefficient (Wildman–Crippen LogP) is 7.21. The van der Waals surface area contributed by atoms with E-state index in [-0.39, 0.29) is 10.8 Å². The maximum Gasteiger partial charge on any atom is 0.0381 e. The van der Waals surface area contributed by atoms with Gasteiger partial charge in [-0.1, -0.05) is 78.6 Å². The van der Waals surface area contributed by atoms with E-state index < -0.39 is 0 Å². The lowest BCUT2D eigenvalue weighted by Crippen LogP contribution is -2.20. The van der Waals surface area contributed by atoms with Crippen LogP contribution in [0, 0.1) is 13.8 Å². The highest BCUT2D eigenvalue weighted by Gasteiger charge is 2.25. The van der Waals surface area contributed by atoms with Gasteiger partial charge in [-0.2, -0.15) is 0 Å². The monoisotopic (exact) mass is 394 g/mol. The Morgan fingerprint density at radius 3 is 1.31 bits per heavy atom. The summed E-state index contributed by atoms with van der Waals surface area (Å²) in [4.78, 5) is 0. The van der Waals surface area contributed by atoms with E-state index in [4.69, 9.17) is 11.5 Å². The van der Waals surface area contributed by atoms with E-state index in [1.807, 2.05) is 0 Å². The molecule has 0 heterocycles. The van der Waals surface area contributed by atoms with Gasteiger partial charge in [0.15, 0.2) is 0 Å². The van der Waals surface area contributed by atoms with Gasteiger partial charge in [0, 0.05) is 11.4 Å². The zero-order chi connectivity index (χ0) is 22.0. The Morgan fingerprint density at radius 1 is 0.655 bits per heavy atom. The number of anilines is 2. The highest BCUT2D eigenvalue weighted by molar-refractivity contribution is 5.60. The van der Waals surface area contributed by atoms with E-state index in [1.165, 1.54) is 33.4 Å². The van der Waals surface area contributed by atoms with Crippen molar-refractivity contribution in [3.8, 4) is 0 Å². The molecule has 0 saturated heterocycles. The Morgan fingerprint density at radius 2 is 1.00 bits per heavy atom. The van der Waals surface area contributed by atoms with Crippen LogP contribution in [-0.2, 0) is 17.3 Å². The van der Waals surface area contributed by atoms with Crippen LogP contribution in [0.25, 0.3) is 0 Å². The average molecular weight is 395 g/mol. The maximum atomic E-state index is 6.50. The minimum Gasteiger partial charge on any atom is -0.398 e. The molecule has 2 rings (SSSR count). The summed E-state index contributed by atoms with van der Waals surface area (Å²) >= 11 is 0. The largest absolute Gasteiger partial charge is 0.398 e. The summed E-state index contributed by atoms with van der Waals surface area (Å²) in [5, 5.41) is 0. The van der Waals surface area contributed by atoms with Crippen LogP contribution in [0.2, 0.25) is 0 Å². The number of nitrogen functional groups attached to an aromatic ring is 2. The Kier molecular flexibility index (Phi) is 7.09. The first-order chi connectivity index (χ1) is 13.4. The molecule has 0 aromatic heterocycles. The fourth-order valence-electron chi connectivity index (χ4n) is 4.83. The summed E-state index contributed by atoms with van der Waals surface area (Å²) in [5.74, 6) is 0. The van der Waals surface area contributed by atoms with Crippen molar-refractivity contribution in [1.82, 2.24) is 0 Å². The zero-order valence-corrected chi connectivity index (χ0v) is 20.0. The standard InChI is InChI=1S/C27H42N2/c1-9-11-26(5,6)22-16-20(13-18(3)24(22)28)15-21-14-19(4)25(29)23(17-21)27(7,8)12-10-2/h13-14,16-17H,9-12,15,28-29H2,1-8H3. The molecular formula is C27H42N2. The van der Waals surface area contributed by atoms with E-state index in [9.17, 15) is 0 Å². The lowest BCUT2D eigenvalue weighted by Gasteiger charge is -2.29. The van der Waals surface area contributed by atoms with Crippen LogP contribution < -0.4 is 11.5 Å². The van der Waals surface area contributed by atoms with Gasteiger partial charge in [0.05, 0.1) is 0 Å². The first-order valence-corrected chi connectivity index (χ1v) is 11.2. The summed E-state index contributed by atoms with van der Waals surface area (Å²) in [6, 6.07) is 9.17. The molecule has 0 aliphatic carbocycles. The molecule has 0 atom stereocenters. The second-order valence-electron chi connectivity index (χ2n) is 10.2. The third-order valence-electron chi connectivity index (χ3n) is 6.51. The quantitative estimate of drug-likeness (QED) is 0.464. The summed E-state index contributed by atoms with van der Waals surface area (Å²) < 4.78 is 0.